The fourth-order valence-corrected chi connectivity index (χ4v) is 1.31. The molecule has 0 radical (unpaired) electrons. The van der Waals surface area contributed by atoms with E-state index >= 15 is 0 Å². The summed E-state index contributed by atoms with van der Waals surface area (Å²) in [7, 11) is 1.49. The minimum atomic E-state index is -0.126. The molecule has 0 saturated heterocycles. The zero-order chi connectivity index (χ0) is 9.30. The Morgan fingerprint density at radius 3 is 2.67 bits per heavy atom. The number of aromatic hydroxyl groups is 1. The van der Waals surface area contributed by atoms with Gasteiger partial charge in [0.2, 0.25) is 0 Å². The highest BCUT2D eigenvalue weighted by atomic mass is 35.5. The van der Waals surface area contributed by atoms with Gasteiger partial charge in [-0.3, -0.25) is 0 Å². The minimum Gasteiger partial charge on any atom is -0.504 e. The summed E-state index contributed by atoms with van der Waals surface area (Å²) in [6.45, 7) is 1.81. The third-order valence-corrected chi connectivity index (χ3v) is 1.92. The SMILES string of the molecule is COc1c(C)cc(Cl)c(O)c1N. The van der Waals surface area contributed by atoms with Crippen LogP contribution in [0.4, 0.5) is 5.69 Å². The average molecular weight is 188 g/mol. The number of benzene rings is 1. The molecule has 0 spiro atoms. The molecule has 0 fully saturated rings. The number of phenols is 1. The van der Waals surface area contributed by atoms with E-state index in [0.717, 1.165) is 5.56 Å². The van der Waals surface area contributed by atoms with Gasteiger partial charge >= 0.3 is 0 Å². The molecule has 0 saturated carbocycles. The Morgan fingerprint density at radius 2 is 2.17 bits per heavy atom. The first-order chi connectivity index (χ1) is 5.57. The van der Waals surface area contributed by atoms with Crippen LogP contribution in [0.1, 0.15) is 5.56 Å². The number of hydrogen-bond donors (Lipinski definition) is 2. The fourth-order valence-electron chi connectivity index (χ4n) is 1.04. The molecule has 1 aromatic carbocycles. The van der Waals surface area contributed by atoms with E-state index < -0.39 is 0 Å². The van der Waals surface area contributed by atoms with E-state index in [2.05, 4.69) is 0 Å². The topological polar surface area (TPSA) is 55.5 Å². The van der Waals surface area contributed by atoms with Gasteiger partial charge in [-0.1, -0.05) is 11.6 Å². The van der Waals surface area contributed by atoms with Crippen molar-refractivity contribution >= 4 is 17.3 Å². The van der Waals surface area contributed by atoms with Crippen molar-refractivity contribution in [1.29, 1.82) is 0 Å². The zero-order valence-corrected chi connectivity index (χ0v) is 7.64. The number of phenolic OH excluding ortho intramolecular Hbond substituents is 1. The Labute approximate surface area is 75.7 Å². The fraction of sp³-hybridized carbons (Fsp3) is 0.250. The number of nitrogen functional groups attached to an aromatic ring is 1. The molecule has 0 bridgehead atoms. The van der Waals surface area contributed by atoms with E-state index in [-0.39, 0.29) is 16.5 Å². The molecule has 0 aliphatic heterocycles. The van der Waals surface area contributed by atoms with E-state index in [0.29, 0.717) is 5.75 Å². The van der Waals surface area contributed by atoms with Gasteiger partial charge in [0.05, 0.1) is 12.1 Å². The predicted molar refractivity (Wildman–Crippen MR) is 48.8 cm³/mol. The highest BCUT2D eigenvalue weighted by molar-refractivity contribution is 6.32. The maximum Gasteiger partial charge on any atom is 0.161 e. The van der Waals surface area contributed by atoms with Crippen LogP contribution in [0.25, 0.3) is 0 Å². The molecule has 12 heavy (non-hydrogen) atoms. The zero-order valence-electron chi connectivity index (χ0n) is 6.89. The Bertz CT molecular complexity index is 312. The van der Waals surface area contributed by atoms with Gasteiger partial charge in [0.15, 0.2) is 5.75 Å². The normalized spacial score (nSPS) is 9.92. The molecule has 4 heteroatoms. The molecule has 0 amide bonds. The monoisotopic (exact) mass is 187 g/mol. The second kappa shape index (κ2) is 3.11. The van der Waals surface area contributed by atoms with E-state index in [4.69, 9.17) is 22.1 Å². The van der Waals surface area contributed by atoms with Gasteiger partial charge < -0.3 is 15.6 Å². The maximum absolute atomic E-state index is 9.31. The van der Waals surface area contributed by atoms with Crippen molar-refractivity contribution in [2.75, 3.05) is 12.8 Å². The van der Waals surface area contributed by atoms with Crippen molar-refractivity contribution < 1.29 is 9.84 Å². The summed E-state index contributed by atoms with van der Waals surface area (Å²) in [5.41, 5.74) is 6.52. The highest BCUT2D eigenvalue weighted by Gasteiger charge is 2.11. The van der Waals surface area contributed by atoms with Gasteiger partial charge in [-0.05, 0) is 18.6 Å². The van der Waals surface area contributed by atoms with Crippen LogP contribution in [0.2, 0.25) is 5.02 Å². The first-order valence-corrected chi connectivity index (χ1v) is 3.77. The van der Waals surface area contributed by atoms with Gasteiger partial charge in [0, 0.05) is 0 Å². The number of hydrogen-bond acceptors (Lipinski definition) is 3. The molecule has 1 aromatic rings. The number of anilines is 1. The van der Waals surface area contributed by atoms with E-state index in [1.165, 1.54) is 7.11 Å². The van der Waals surface area contributed by atoms with Crippen LogP contribution in [0.5, 0.6) is 11.5 Å². The van der Waals surface area contributed by atoms with Crippen molar-refractivity contribution in [2.24, 2.45) is 0 Å². The van der Waals surface area contributed by atoms with Crippen LogP contribution >= 0.6 is 11.6 Å². The number of ether oxygens (including phenoxy) is 1. The molecule has 3 N–H and O–H groups in total. The summed E-state index contributed by atoms with van der Waals surface area (Å²) < 4.78 is 4.97. The summed E-state index contributed by atoms with van der Waals surface area (Å²) in [6, 6.07) is 1.60. The van der Waals surface area contributed by atoms with Crippen LogP contribution < -0.4 is 10.5 Å². The summed E-state index contributed by atoms with van der Waals surface area (Å²) in [4.78, 5) is 0. The molecule has 0 atom stereocenters. The highest BCUT2D eigenvalue weighted by Crippen LogP contribution is 2.39. The van der Waals surface area contributed by atoms with Crippen molar-refractivity contribution in [1.82, 2.24) is 0 Å². The Hall–Kier alpha value is -1.09. The van der Waals surface area contributed by atoms with Crippen LogP contribution in [-0.4, -0.2) is 12.2 Å². The third kappa shape index (κ3) is 1.28. The molecular weight excluding hydrogens is 178 g/mol. The van der Waals surface area contributed by atoms with Crippen molar-refractivity contribution in [3.63, 3.8) is 0 Å². The first kappa shape index (κ1) is 9.00. The molecule has 0 heterocycles. The standard InChI is InChI=1S/C8H10ClNO2/c1-4-3-5(9)7(11)6(10)8(4)12-2/h3,11H,10H2,1-2H3. The lowest BCUT2D eigenvalue weighted by Crippen LogP contribution is -1.95. The second-order valence-electron chi connectivity index (χ2n) is 2.47. The first-order valence-electron chi connectivity index (χ1n) is 3.39. The van der Waals surface area contributed by atoms with Crippen molar-refractivity contribution in [3.8, 4) is 11.5 Å². The van der Waals surface area contributed by atoms with Crippen LogP contribution in [0.3, 0.4) is 0 Å². The molecular formula is C8H10ClNO2. The molecule has 0 aliphatic rings. The summed E-state index contributed by atoms with van der Waals surface area (Å²) in [6.07, 6.45) is 0. The number of rotatable bonds is 1. The molecule has 1 rings (SSSR count). The third-order valence-electron chi connectivity index (χ3n) is 1.63. The smallest absolute Gasteiger partial charge is 0.161 e. The second-order valence-corrected chi connectivity index (χ2v) is 2.88. The summed E-state index contributed by atoms with van der Waals surface area (Å²) in [5.74, 6) is 0.344. The van der Waals surface area contributed by atoms with Gasteiger partial charge in [0.25, 0.3) is 0 Å². The van der Waals surface area contributed by atoms with Crippen molar-refractivity contribution in [2.45, 2.75) is 6.92 Å². The lowest BCUT2D eigenvalue weighted by molar-refractivity contribution is 0.408. The van der Waals surface area contributed by atoms with Gasteiger partial charge in [-0.2, -0.15) is 0 Å². The lowest BCUT2D eigenvalue weighted by atomic mass is 10.2. The van der Waals surface area contributed by atoms with Gasteiger partial charge in [0.1, 0.15) is 11.4 Å². The van der Waals surface area contributed by atoms with Gasteiger partial charge in [-0.25, -0.2) is 0 Å². The number of aryl methyl sites for hydroxylation is 1. The predicted octanol–water partition coefficient (Wildman–Crippen LogP) is 1.94. The lowest BCUT2D eigenvalue weighted by Gasteiger charge is -2.10. The Kier molecular flexibility index (Phi) is 2.33. The molecule has 3 nitrogen and oxygen atoms in total. The maximum atomic E-state index is 9.31. The van der Waals surface area contributed by atoms with E-state index in [1.807, 2.05) is 0 Å². The number of methoxy groups -OCH3 is 1. The molecule has 0 unspecified atom stereocenters. The summed E-state index contributed by atoms with van der Waals surface area (Å²) in [5, 5.41) is 9.55. The molecule has 0 aliphatic carbocycles. The average Bonchev–Trinajstić information content (AvgIpc) is 2.01. The van der Waals surface area contributed by atoms with E-state index in [9.17, 15) is 5.11 Å². The molecule has 66 valence electrons. The summed E-state index contributed by atoms with van der Waals surface area (Å²) >= 11 is 5.66. The van der Waals surface area contributed by atoms with Gasteiger partial charge in [-0.15, -0.1) is 0 Å². The van der Waals surface area contributed by atoms with Crippen LogP contribution in [-0.2, 0) is 0 Å². The molecule has 0 aromatic heterocycles. The Balaban J connectivity index is 3.40. The van der Waals surface area contributed by atoms with Crippen molar-refractivity contribution in [3.05, 3.63) is 16.7 Å². The number of halogens is 1. The quantitative estimate of drug-likeness (QED) is 0.522. The van der Waals surface area contributed by atoms with Crippen LogP contribution in [0.15, 0.2) is 6.07 Å². The van der Waals surface area contributed by atoms with E-state index in [1.54, 1.807) is 13.0 Å². The Morgan fingerprint density at radius 1 is 1.58 bits per heavy atom. The minimum absolute atomic E-state index is 0.126. The largest absolute Gasteiger partial charge is 0.504 e. The van der Waals surface area contributed by atoms with Crippen LogP contribution in [0, 0.1) is 6.92 Å². The number of nitrogens with two attached hydrogens (primary N) is 1.